The number of piperazine rings is 1. The number of hydrogen-bond donors (Lipinski definition) is 1. The number of ether oxygens (including phenoxy) is 2. The summed E-state index contributed by atoms with van der Waals surface area (Å²) in [5.41, 5.74) is 1.27. The molecule has 0 bridgehead atoms. The van der Waals surface area contributed by atoms with Crippen LogP contribution < -0.4 is 14.8 Å². The molecule has 1 aliphatic rings. The van der Waals surface area contributed by atoms with Crippen molar-refractivity contribution in [1.29, 1.82) is 0 Å². The van der Waals surface area contributed by atoms with Crippen LogP contribution in [-0.2, 0) is 0 Å². The second kappa shape index (κ2) is 6.46. The van der Waals surface area contributed by atoms with Crippen molar-refractivity contribution in [2.24, 2.45) is 0 Å². The van der Waals surface area contributed by atoms with Gasteiger partial charge in [-0.05, 0) is 38.5 Å². The molecule has 0 amide bonds. The van der Waals surface area contributed by atoms with Gasteiger partial charge in [-0.1, -0.05) is 6.07 Å². The second-order valence-electron chi connectivity index (χ2n) is 5.71. The normalized spacial score (nSPS) is 25.2. The van der Waals surface area contributed by atoms with Crippen LogP contribution in [0.4, 0.5) is 0 Å². The highest BCUT2D eigenvalue weighted by Gasteiger charge is 2.25. The fraction of sp³-hybridized carbons (Fsp3) is 0.625. The van der Waals surface area contributed by atoms with Gasteiger partial charge in [-0.15, -0.1) is 0 Å². The molecular weight excluding hydrogens is 252 g/mol. The summed E-state index contributed by atoms with van der Waals surface area (Å²) in [6.07, 6.45) is 0. The molecule has 0 saturated carbocycles. The molecule has 112 valence electrons. The molecule has 1 heterocycles. The molecule has 0 radical (unpaired) electrons. The van der Waals surface area contributed by atoms with E-state index in [0.717, 1.165) is 24.6 Å². The van der Waals surface area contributed by atoms with E-state index in [2.05, 4.69) is 43.1 Å². The topological polar surface area (TPSA) is 33.7 Å². The summed E-state index contributed by atoms with van der Waals surface area (Å²) in [6, 6.07) is 7.63. The van der Waals surface area contributed by atoms with Gasteiger partial charge >= 0.3 is 0 Å². The van der Waals surface area contributed by atoms with Gasteiger partial charge in [0, 0.05) is 31.2 Å². The molecule has 1 aromatic rings. The predicted octanol–water partition coefficient (Wildman–Crippen LogP) is 2.45. The van der Waals surface area contributed by atoms with Gasteiger partial charge in [0.25, 0.3) is 0 Å². The number of benzene rings is 1. The van der Waals surface area contributed by atoms with E-state index in [1.807, 2.05) is 6.07 Å². The Morgan fingerprint density at radius 3 is 2.25 bits per heavy atom. The fourth-order valence-electron chi connectivity index (χ4n) is 3.01. The van der Waals surface area contributed by atoms with E-state index in [9.17, 15) is 0 Å². The van der Waals surface area contributed by atoms with E-state index in [-0.39, 0.29) is 0 Å². The van der Waals surface area contributed by atoms with Gasteiger partial charge in [0.05, 0.1) is 14.2 Å². The first-order valence-corrected chi connectivity index (χ1v) is 7.27. The first-order chi connectivity index (χ1) is 9.55. The molecule has 3 unspecified atom stereocenters. The highest BCUT2D eigenvalue weighted by atomic mass is 16.5. The van der Waals surface area contributed by atoms with Crippen LogP contribution in [0.5, 0.6) is 11.5 Å². The lowest BCUT2D eigenvalue weighted by atomic mass is 10.0. The van der Waals surface area contributed by atoms with E-state index >= 15 is 0 Å². The van der Waals surface area contributed by atoms with Gasteiger partial charge in [-0.25, -0.2) is 0 Å². The third-order valence-electron chi connectivity index (χ3n) is 4.02. The van der Waals surface area contributed by atoms with E-state index in [1.165, 1.54) is 5.56 Å². The van der Waals surface area contributed by atoms with Gasteiger partial charge in [0.1, 0.15) is 0 Å². The Kier molecular flexibility index (Phi) is 4.89. The average molecular weight is 278 g/mol. The minimum Gasteiger partial charge on any atom is -0.493 e. The largest absolute Gasteiger partial charge is 0.493 e. The zero-order chi connectivity index (χ0) is 14.7. The zero-order valence-electron chi connectivity index (χ0n) is 13.1. The van der Waals surface area contributed by atoms with Gasteiger partial charge in [-0.3, -0.25) is 4.90 Å². The molecule has 0 spiro atoms. The molecular formula is C16H26N2O2. The Balaban J connectivity index is 2.18. The summed E-state index contributed by atoms with van der Waals surface area (Å²) < 4.78 is 10.7. The Hall–Kier alpha value is -1.26. The lowest BCUT2D eigenvalue weighted by Gasteiger charge is -2.40. The molecule has 1 aromatic carbocycles. The van der Waals surface area contributed by atoms with Gasteiger partial charge in [0.2, 0.25) is 0 Å². The van der Waals surface area contributed by atoms with E-state index in [4.69, 9.17) is 9.47 Å². The highest BCUT2D eigenvalue weighted by Crippen LogP contribution is 2.32. The molecule has 20 heavy (non-hydrogen) atoms. The van der Waals surface area contributed by atoms with Crippen molar-refractivity contribution in [3.05, 3.63) is 23.8 Å². The van der Waals surface area contributed by atoms with Crippen LogP contribution in [0, 0.1) is 0 Å². The number of hydrogen-bond acceptors (Lipinski definition) is 4. The smallest absolute Gasteiger partial charge is 0.161 e. The summed E-state index contributed by atoms with van der Waals surface area (Å²) in [5.74, 6) is 1.58. The Bertz CT molecular complexity index is 440. The second-order valence-corrected chi connectivity index (χ2v) is 5.71. The Morgan fingerprint density at radius 2 is 1.70 bits per heavy atom. The van der Waals surface area contributed by atoms with Crippen molar-refractivity contribution in [3.8, 4) is 11.5 Å². The zero-order valence-corrected chi connectivity index (χ0v) is 13.1. The summed E-state index contributed by atoms with van der Waals surface area (Å²) in [4.78, 5) is 2.52. The van der Waals surface area contributed by atoms with Crippen molar-refractivity contribution < 1.29 is 9.47 Å². The molecule has 1 aliphatic heterocycles. The fourth-order valence-corrected chi connectivity index (χ4v) is 3.01. The quantitative estimate of drug-likeness (QED) is 0.917. The summed E-state index contributed by atoms with van der Waals surface area (Å²) >= 11 is 0. The van der Waals surface area contributed by atoms with Crippen molar-refractivity contribution in [2.45, 2.75) is 38.9 Å². The molecule has 1 N–H and O–H groups in total. The highest BCUT2D eigenvalue weighted by molar-refractivity contribution is 5.43. The van der Waals surface area contributed by atoms with Crippen LogP contribution in [0.1, 0.15) is 32.4 Å². The lowest BCUT2D eigenvalue weighted by molar-refractivity contribution is 0.131. The van der Waals surface area contributed by atoms with Crippen LogP contribution in [0.25, 0.3) is 0 Å². The van der Waals surface area contributed by atoms with Gasteiger partial charge in [-0.2, -0.15) is 0 Å². The Morgan fingerprint density at radius 1 is 1.10 bits per heavy atom. The first-order valence-electron chi connectivity index (χ1n) is 7.27. The average Bonchev–Trinajstić information content (AvgIpc) is 2.44. The maximum atomic E-state index is 5.40. The van der Waals surface area contributed by atoms with Crippen molar-refractivity contribution in [2.75, 3.05) is 27.3 Å². The molecule has 4 heteroatoms. The maximum absolute atomic E-state index is 5.40. The number of methoxy groups -OCH3 is 2. The Labute approximate surface area is 122 Å². The molecule has 4 nitrogen and oxygen atoms in total. The first kappa shape index (κ1) is 15.1. The number of nitrogens with zero attached hydrogens (tertiary/aromatic N) is 1. The van der Waals surface area contributed by atoms with Crippen LogP contribution in [0.2, 0.25) is 0 Å². The van der Waals surface area contributed by atoms with Crippen LogP contribution in [0.15, 0.2) is 18.2 Å². The molecule has 1 saturated heterocycles. The van der Waals surface area contributed by atoms with Crippen LogP contribution >= 0.6 is 0 Å². The van der Waals surface area contributed by atoms with E-state index in [1.54, 1.807) is 14.2 Å². The van der Waals surface area contributed by atoms with Gasteiger partial charge < -0.3 is 14.8 Å². The molecule has 0 aliphatic carbocycles. The monoisotopic (exact) mass is 278 g/mol. The summed E-state index contributed by atoms with van der Waals surface area (Å²) in [5, 5.41) is 3.57. The SMILES string of the molecule is COc1ccc(C(C)N2CC(C)NC(C)C2)cc1OC. The maximum Gasteiger partial charge on any atom is 0.161 e. The molecule has 2 rings (SSSR count). The van der Waals surface area contributed by atoms with Crippen LogP contribution in [-0.4, -0.2) is 44.3 Å². The minimum absolute atomic E-state index is 0.377. The van der Waals surface area contributed by atoms with Crippen molar-refractivity contribution in [1.82, 2.24) is 10.2 Å². The van der Waals surface area contributed by atoms with E-state index in [0.29, 0.717) is 18.1 Å². The van der Waals surface area contributed by atoms with Crippen molar-refractivity contribution >= 4 is 0 Å². The molecule has 1 fully saturated rings. The lowest BCUT2D eigenvalue weighted by Crippen LogP contribution is -2.54. The minimum atomic E-state index is 0.377. The number of nitrogens with one attached hydrogen (secondary N) is 1. The van der Waals surface area contributed by atoms with Gasteiger partial charge in [0.15, 0.2) is 11.5 Å². The standard InChI is InChI=1S/C16H26N2O2/c1-11-9-18(10-12(2)17-11)13(3)14-6-7-15(19-4)16(8-14)20-5/h6-8,11-13,17H,9-10H2,1-5H3. The van der Waals surface area contributed by atoms with Crippen LogP contribution in [0.3, 0.4) is 0 Å². The third-order valence-corrected chi connectivity index (χ3v) is 4.02. The number of rotatable bonds is 4. The predicted molar refractivity (Wildman–Crippen MR) is 81.6 cm³/mol. The molecule has 0 aromatic heterocycles. The summed E-state index contributed by atoms with van der Waals surface area (Å²) in [6.45, 7) is 8.87. The van der Waals surface area contributed by atoms with E-state index < -0.39 is 0 Å². The van der Waals surface area contributed by atoms with Crippen molar-refractivity contribution in [3.63, 3.8) is 0 Å². The third kappa shape index (κ3) is 3.25. The molecule has 3 atom stereocenters. The summed E-state index contributed by atoms with van der Waals surface area (Å²) in [7, 11) is 3.35.